The first-order valence-corrected chi connectivity index (χ1v) is 5.38. The summed E-state index contributed by atoms with van der Waals surface area (Å²) in [5.74, 6) is -0.781. The number of carbonyl (C=O) groups excluding carboxylic acids is 1. The van der Waals surface area contributed by atoms with Crippen LogP contribution in [0.15, 0.2) is 0 Å². The molecule has 1 rings (SSSR count). The van der Waals surface area contributed by atoms with Crippen molar-refractivity contribution in [2.75, 3.05) is 13.1 Å². The van der Waals surface area contributed by atoms with E-state index in [2.05, 4.69) is 5.32 Å². The van der Waals surface area contributed by atoms with Crippen LogP contribution in [0.2, 0.25) is 0 Å². The number of rotatable bonds is 3. The van der Waals surface area contributed by atoms with Gasteiger partial charge in [-0.25, -0.2) is 9.59 Å². The highest BCUT2D eigenvalue weighted by Gasteiger charge is 2.29. The van der Waals surface area contributed by atoms with Crippen molar-refractivity contribution in [1.29, 1.82) is 0 Å². The van der Waals surface area contributed by atoms with Gasteiger partial charge in [0, 0.05) is 13.1 Å². The average Bonchev–Trinajstić information content (AvgIpc) is 2.59. The van der Waals surface area contributed by atoms with Crippen molar-refractivity contribution in [1.82, 2.24) is 10.2 Å². The van der Waals surface area contributed by atoms with Gasteiger partial charge in [0.15, 0.2) is 6.04 Å². The fourth-order valence-corrected chi connectivity index (χ4v) is 1.73. The van der Waals surface area contributed by atoms with Crippen LogP contribution in [0.4, 0.5) is 4.79 Å². The van der Waals surface area contributed by atoms with Crippen LogP contribution in [0.5, 0.6) is 0 Å². The Bertz CT molecular complexity index is 280. The highest BCUT2D eigenvalue weighted by molar-refractivity contribution is 5.83. The van der Waals surface area contributed by atoms with Crippen molar-refractivity contribution in [3.05, 3.63) is 0 Å². The molecule has 0 radical (unpaired) electrons. The molecule has 16 heavy (non-hydrogen) atoms. The lowest BCUT2D eigenvalue weighted by Gasteiger charge is -2.22. The van der Waals surface area contributed by atoms with Crippen molar-refractivity contribution in [2.24, 2.45) is 5.92 Å². The van der Waals surface area contributed by atoms with E-state index in [-0.39, 0.29) is 0 Å². The quantitative estimate of drug-likeness (QED) is 0.630. The first-order chi connectivity index (χ1) is 7.41. The van der Waals surface area contributed by atoms with Crippen LogP contribution in [-0.2, 0) is 4.79 Å². The molecule has 6 nitrogen and oxygen atoms in total. The molecular formula is C10H18N2O4. The van der Waals surface area contributed by atoms with E-state index in [0.29, 0.717) is 19.0 Å². The Morgan fingerprint density at radius 1 is 1.50 bits per heavy atom. The molecule has 3 N–H and O–H groups in total. The molecular weight excluding hydrogens is 212 g/mol. The molecule has 1 heterocycles. The Labute approximate surface area is 94.2 Å². The van der Waals surface area contributed by atoms with Crippen LogP contribution in [-0.4, -0.2) is 52.3 Å². The zero-order valence-electron chi connectivity index (χ0n) is 9.51. The first kappa shape index (κ1) is 12.8. The van der Waals surface area contributed by atoms with E-state index in [4.69, 9.17) is 5.11 Å². The third kappa shape index (κ3) is 3.10. The SMILES string of the molecule is CC1CCN(C(=O)NC(C(=O)O)C(C)O)C1. The summed E-state index contributed by atoms with van der Waals surface area (Å²) in [7, 11) is 0. The number of carboxylic acids is 1. The molecule has 6 heteroatoms. The van der Waals surface area contributed by atoms with Gasteiger partial charge in [-0.2, -0.15) is 0 Å². The molecule has 3 atom stereocenters. The van der Waals surface area contributed by atoms with Crippen molar-refractivity contribution >= 4 is 12.0 Å². The minimum Gasteiger partial charge on any atom is -0.480 e. The predicted octanol–water partition coefficient (Wildman–Crippen LogP) is -0.128. The molecule has 1 aliphatic rings. The fourth-order valence-electron chi connectivity index (χ4n) is 1.73. The highest BCUT2D eigenvalue weighted by atomic mass is 16.4. The summed E-state index contributed by atoms with van der Waals surface area (Å²) in [5, 5.41) is 20.3. The Kier molecular flexibility index (Phi) is 4.12. The molecule has 0 aromatic rings. The molecule has 0 spiro atoms. The maximum absolute atomic E-state index is 11.7. The third-order valence-electron chi connectivity index (χ3n) is 2.74. The van der Waals surface area contributed by atoms with Crippen LogP contribution in [0.25, 0.3) is 0 Å². The number of aliphatic hydroxyl groups excluding tert-OH is 1. The second kappa shape index (κ2) is 5.16. The van der Waals surface area contributed by atoms with E-state index in [9.17, 15) is 14.7 Å². The van der Waals surface area contributed by atoms with E-state index in [1.54, 1.807) is 4.90 Å². The standard InChI is InChI=1S/C10H18N2O4/c1-6-3-4-12(5-6)10(16)11-8(7(2)13)9(14)15/h6-8,13H,3-5H2,1-2H3,(H,11,16)(H,14,15). The number of carbonyl (C=O) groups is 2. The summed E-state index contributed by atoms with van der Waals surface area (Å²) in [6, 6.07) is -1.67. The van der Waals surface area contributed by atoms with Crippen molar-refractivity contribution in [3.8, 4) is 0 Å². The molecule has 0 aliphatic carbocycles. The van der Waals surface area contributed by atoms with Crippen molar-refractivity contribution in [2.45, 2.75) is 32.4 Å². The second-order valence-electron chi connectivity index (χ2n) is 4.35. The average molecular weight is 230 g/mol. The first-order valence-electron chi connectivity index (χ1n) is 5.38. The number of likely N-dealkylation sites (tertiary alicyclic amines) is 1. The van der Waals surface area contributed by atoms with E-state index in [0.717, 1.165) is 6.42 Å². The number of hydrogen-bond donors (Lipinski definition) is 3. The number of hydrogen-bond acceptors (Lipinski definition) is 3. The van der Waals surface area contributed by atoms with E-state index >= 15 is 0 Å². The zero-order chi connectivity index (χ0) is 12.3. The summed E-state index contributed by atoms with van der Waals surface area (Å²) >= 11 is 0. The maximum Gasteiger partial charge on any atom is 0.328 e. The highest BCUT2D eigenvalue weighted by Crippen LogP contribution is 2.14. The van der Waals surface area contributed by atoms with Gasteiger partial charge in [-0.15, -0.1) is 0 Å². The Hall–Kier alpha value is -1.30. The maximum atomic E-state index is 11.7. The van der Waals surface area contributed by atoms with Gasteiger partial charge in [0.05, 0.1) is 6.10 Å². The Balaban J connectivity index is 2.52. The zero-order valence-corrected chi connectivity index (χ0v) is 9.51. The van der Waals surface area contributed by atoms with Crippen molar-refractivity contribution in [3.63, 3.8) is 0 Å². The monoisotopic (exact) mass is 230 g/mol. The lowest BCUT2D eigenvalue weighted by molar-refractivity contribution is -0.141. The summed E-state index contributed by atoms with van der Waals surface area (Å²) in [5.41, 5.74) is 0. The van der Waals surface area contributed by atoms with Gasteiger partial charge in [-0.3, -0.25) is 0 Å². The van der Waals surface area contributed by atoms with Gasteiger partial charge in [-0.05, 0) is 19.3 Å². The fraction of sp³-hybridized carbons (Fsp3) is 0.800. The molecule has 1 saturated heterocycles. The number of nitrogens with one attached hydrogen (secondary N) is 1. The van der Waals surface area contributed by atoms with Crippen LogP contribution in [0.1, 0.15) is 20.3 Å². The topological polar surface area (TPSA) is 89.9 Å². The summed E-state index contributed by atoms with van der Waals surface area (Å²) in [4.78, 5) is 24.0. The smallest absolute Gasteiger partial charge is 0.328 e. The number of urea groups is 1. The van der Waals surface area contributed by atoms with E-state index < -0.39 is 24.1 Å². The van der Waals surface area contributed by atoms with Gasteiger partial charge in [0.25, 0.3) is 0 Å². The molecule has 0 aromatic heterocycles. The summed E-state index contributed by atoms with van der Waals surface area (Å²) in [6.07, 6.45) is -0.179. The lowest BCUT2D eigenvalue weighted by atomic mass is 10.2. The molecule has 1 aliphatic heterocycles. The normalized spacial score (nSPS) is 23.9. The third-order valence-corrected chi connectivity index (χ3v) is 2.74. The Morgan fingerprint density at radius 2 is 2.12 bits per heavy atom. The van der Waals surface area contributed by atoms with Crippen LogP contribution in [0.3, 0.4) is 0 Å². The largest absolute Gasteiger partial charge is 0.480 e. The van der Waals surface area contributed by atoms with Crippen LogP contribution in [0, 0.1) is 5.92 Å². The molecule has 1 fully saturated rings. The summed E-state index contributed by atoms with van der Waals surface area (Å²) < 4.78 is 0. The molecule has 92 valence electrons. The molecule has 0 bridgehead atoms. The minimum absolute atomic E-state index is 0.419. The number of carboxylic acid groups (broad SMARTS) is 1. The van der Waals surface area contributed by atoms with Crippen molar-refractivity contribution < 1.29 is 19.8 Å². The predicted molar refractivity (Wildman–Crippen MR) is 57.0 cm³/mol. The van der Waals surface area contributed by atoms with Gasteiger partial charge >= 0.3 is 12.0 Å². The van der Waals surface area contributed by atoms with Crippen LogP contribution >= 0.6 is 0 Å². The van der Waals surface area contributed by atoms with Gasteiger partial charge < -0.3 is 20.4 Å². The number of nitrogens with zero attached hydrogens (tertiary/aromatic N) is 1. The minimum atomic E-state index is -1.25. The van der Waals surface area contributed by atoms with Gasteiger partial charge in [-0.1, -0.05) is 6.92 Å². The molecule has 2 amide bonds. The molecule has 0 aromatic carbocycles. The molecule has 0 saturated carbocycles. The number of amides is 2. The second-order valence-corrected chi connectivity index (χ2v) is 4.35. The van der Waals surface area contributed by atoms with Gasteiger partial charge in [0.1, 0.15) is 0 Å². The number of aliphatic hydroxyl groups is 1. The Morgan fingerprint density at radius 3 is 2.50 bits per heavy atom. The van der Waals surface area contributed by atoms with E-state index in [1.807, 2.05) is 6.92 Å². The van der Waals surface area contributed by atoms with Crippen LogP contribution < -0.4 is 5.32 Å². The number of aliphatic carboxylic acids is 1. The summed E-state index contributed by atoms with van der Waals surface area (Å²) in [6.45, 7) is 4.65. The molecule has 3 unspecified atom stereocenters. The lowest BCUT2D eigenvalue weighted by Crippen LogP contribution is -2.51. The van der Waals surface area contributed by atoms with E-state index in [1.165, 1.54) is 6.92 Å². The van der Waals surface area contributed by atoms with Gasteiger partial charge in [0.2, 0.25) is 0 Å².